The van der Waals surface area contributed by atoms with Crippen molar-refractivity contribution in [2.75, 3.05) is 11.9 Å². The summed E-state index contributed by atoms with van der Waals surface area (Å²) in [6.07, 6.45) is 2.22. The van der Waals surface area contributed by atoms with Crippen LogP contribution in [0.3, 0.4) is 0 Å². The number of anilines is 1. The molecule has 1 aliphatic carbocycles. The van der Waals surface area contributed by atoms with E-state index in [1.54, 1.807) is 12.1 Å². The lowest BCUT2D eigenvalue weighted by molar-refractivity contribution is -0.155. The number of amides is 4. The van der Waals surface area contributed by atoms with Crippen LogP contribution in [0.25, 0.3) is 0 Å². The summed E-state index contributed by atoms with van der Waals surface area (Å²) >= 11 is 0. The first kappa shape index (κ1) is 20.8. The molecule has 1 spiro atoms. The molecule has 0 radical (unpaired) electrons. The van der Waals surface area contributed by atoms with Gasteiger partial charge in [-0.3, -0.25) is 19.3 Å². The van der Waals surface area contributed by atoms with Gasteiger partial charge in [-0.15, -0.1) is 0 Å². The lowest BCUT2D eigenvalue weighted by Crippen LogP contribution is -2.54. The van der Waals surface area contributed by atoms with E-state index in [1.165, 1.54) is 6.92 Å². The summed E-state index contributed by atoms with van der Waals surface area (Å²) in [6, 6.07) is 6.62. The van der Waals surface area contributed by atoms with E-state index in [9.17, 15) is 19.2 Å². The number of carbonyl (C=O) groups is 4. The zero-order valence-electron chi connectivity index (χ0n) is 17.0. The van der Waals surface area contributed by atoms with Crippen LogP contribution in [-0.4, -0.2) is 46.9 Å². The highest BCUT2D eigenvalue weighted by Gasteiger charge is 2.55. The van der Waals surface area contributed by atoms with Gasteiger partial charge in [-0.05, 0) is 44.7 Å². The quantitative estimate of drug-likeness (QED) is 0.582. The Morgan fingerprint density at radius 3 is 2.62 bits per heavy atom. The number of urea groups is 1. The van der Waals surface area contributed by atoms with E-state index in [2.05, 4.69) is 10.6 Å². The van der Waals surface area contributed by atoms with Crippen LogP contribution >= 0.6 is 0 Å². The Balaban J connectivity index is 1.57. The highest BCUT2D eigenvalue weighted by molar-refractivity contribution is 6.09. The number of ether oxygens (including phenoxy) is 1. The summed E-state index contributed by atoms with van der Waals surface area (Å²) in [5, 5.41) is 5.45. The van der Waals surface area contributed by atoms with E-state index < -0.39 is 36.1 Å². The lowest BCUT2D eigenvalue weighted by atomic mass is 9.73. The largest absolute Gasteiger partial charge is 0.451 e. The van der Waals surface area contributed by atoms with Gasteiger partial charge in [-0.2, -0.15) is 0 Å². The van der Waals surface area contributed by atoms with Gasteiger partial charge in [0.2, 0.25) is 0 Å². The highest BCUT2D eigenvalue weighted by Crippen LogP contribution is 2.38. The second-order valence-electron chi connectivity index (χ2n) is 7.93. The molecule has 2 N–H and O–H groups in total. The van der Waals surface area contributed by atoms with E-state index in [0.717, 1.165) is 29.7 Å². The molecule has 1 aromatic rings. The standard InChI is InChI=1S/C21H27N3O5/c1-13-7-9-16(10-8-13)22-18(26)15(3)29-17(25)12-24-19(27)21(23-20(24)28)11-5-4-6-14(21)2/h7-10,14-15H,4-6,11-12H2,1-3H3,(H,22,26)(H,23,28)/t14-,15+,21+/m0/s1. The summed E-state index contributed by atoms with van der Waals surface area (Å²) in [5.41, 5.74) is 0.719. The Morgan fingerprint density at radius 1 is 1.28 bits per heavy atom. The molecular weight excluding hydrogens is 374 g/mol. The Morgan fingerprint density at radius 2 is 1.97 bits per heavy atom. The molecule has 1 saturated heterocycles. The molecule has 156 valence electrons. The van der Waals surface area contributed by atoms with Crippen LogP contribution in [0.4, 0.5) is 10.5 Å². The number of hydrogen-bond donors (Lipinski definition) is 2. The van der Waals surface area contributed by atoms with Crippen LogP contribution in [0, 0.1) is 12.8 Å². The van der Waals surface area contributed by atoms with Crippen LogP contribution in [0.1, 0.15) is 45.1 Å². The maximum Gasteiger partial charge on any atom is 0.327 e. The molecule has 4 amide bonds. The van der Waals surface area contributed by atoms with Gasteiger partial charge < -0.3 is 15.4 Å². The predicted octanol–water partition coefficient (Wildman–Crippen LogP) is 2.37. The second kappa shape index (κ2) is 8.23. The molecule has 2 fully saturated rings. The van der Waals surface area contributed by atoms with Gasteiger partial charge in [0.15, 0.2) is 6.10 Å². The van der Waals surface area contributed by atoms with Gasteiger partial charge >= 0.3 is 12.0 Å². The molecule has 3 rings (SSSR count). The minimum absolute atomic E-state index is 0.00734. The fourth-order valence-corrected chi connectivity index (χ4v) is 3.94. The molecule has 8 heteroatoms. The third-order valence-corrected chi connectivity index (χ3v) is 5.79. The number of esters is 1. The summed E-state index contributed by atoms with van der Waals surface area (Å²) in [4.78, 5) is 50.6. The van der Waals surface area contributed by atoms with Gasteiger partial charge in [0.1, 0.15) is 12.1 Å². The molecule has 2 aliphatic rings. The van der Waals surface area contributed by atoms with Gasteiger partial charge in [-0.25, -0.2) is 4.79 Å². The number of carbonyl (C=O) groups excluding carboxylic acids is 4. The number of rotatable bonds is 5. The second-order valence-corrected chi connectivity index (χ2v) is 7.93. The van der Waals surface area contributed by atoms with Crippen molar-refractivity contribution < 1.29 is 23.9 Å². The van der Waals surface area contributed by atoms with E-state index in [4.69, 9.17) is 4.74 Å². The zero-order valence-corrected chi connectivity index (χ0v) is 17.0. The number of hydrogen-bond acceptors (Lipinski definition) is 5. The Kier molecular flexibility index (Phi) is 5.91. The van der Waals surface area contributed by atoms with E-state index >= 15 is 0 Å². The molecule has 8 nitrogen and oxygen atoms in total. The Bertz CT molecular complexity index is 822. The minimum atomic E-state index is -1.06. The topological polar surface area (TPSA) is 105 Å². The first-order valence-corrected chi connectivity index (χ1v) is 9.94. The summed E-state index contributed by atoms with van der Waals surface area (Å²) in [5.74, 6) is -1.67. The SMILES string of the molecule is Cc1ccc(NC(=O)[C@@H](C)OC(=O)CN2C(=O)N[C@@]3(CCCC[C@@H]3C)C2=O)cc1. The Labute approximate surface area is 170 Å². The number of nitrogens with zero attached hydrogens (tertiary/aromatic N) is 1. The number of aryl methyl sites for hydroxylation is 1. The third-order valence-electron chi connectivity index (χ3n) is 5.79. The van der Waals surface area contributed by atoms with E-state index in [-0.39, 0.29) is 11.8 Å². The zero-order chi connectivity index (χ0) is 21.2. The molecule has 3 atom stereocenters. The van der Waals surface area contributed by atoms with Crippen LogP contribution < -0.4 is 10.6 Å². The van der Waals surface area contributed by atoms with Crippen molar-refractivity contribution in [2.24, 2.45) is 5.92 Å². The Hall–Kier alpha value is -2.90. The van der Waals surface area contributed by atoms with Crippen molar-refractivity contribution in [1.82, 2.24) is 10.2 Å². The van der Waals surface area contributed by atoms with E-state index in [1.807, 2.05) is 26.0 Å². The normalized spacial score (nSPS) is 24.9. The lowest BCUT2D eigenvalue weighted by Gasteiger charge is -2.36. The van der Waals surface area contributed by atoms with Crippen LogP contribution in [0.5, 0.6) is 0 Å². The molecule has 0 aromatic heterocycles. The van der Waals surface area contributed by atoms with Crippen LogP contribution in [0.2, 0.25) is 0 Å². The van der Waals surface area contributed by atoms with Crippen molar-refractivity contribution in [3.05, 3.63) is 29.8 Å². The smallest absolute Gasteiger partial charge is 0.327 e. The molecule has 1 saturated carbocycles. The first-order valence-electron chi connectivity index (χ1n) is 9.94. The number of imide groups is 1. The van der Waals surface area contributed by atoms with Gasteiger partial charge in [-0.1, -0.05) is 37.5 Å². The van der Waals surface area contributed by atoms with E-state index in [0.29, 0.717) is 12.1 Å². The molecule has 0 bridgehead atoms. The van der Waals surface area contributed by atoms with Crippen molar-refractivity contribution >= 4 is 29.5 Å². The van der Waals surface area contributed by atoms with Crippen molar-refractivity contribution in [3.63, 3.8) is 0 Å². The third kappa shape index (κ3) is 4.26. The maximum atomic E-state index is 12.9. The number of benzene rings is 1. The summed E-state index contributed by atoms with van der Waals surface area (Å²) < 4.78 is 5.14. The molecule has 1 heterocycles. The fourth-order valence-electron chi connectivity index (χ4n) is 3.94. The number of nitrogens with one attached hydrogen (secondary N) is 2. The summed E-state index contributed by atoms with van der Waals surface area (Å²) in [6.45, 7) is 4.81. The van der Waals surface area contributed by atoms with Gasteiger partial charge in [0.25, 0.3) is 11.8 Å². The van der Waals surface area contributed by atoms with Crippen molar-refractivity contribution in [1.29, 1.82) is 0 Å². The predicted molar refractivity (Wildman–Crippen MR) is 106 cm³/mol. The highest BCUT2D eigenvalue weighted by atomic mass is 16.5. The molecule has 1 aromatic carbocycles. The maximum absolute atomic E-state index is 12.9. The minimum Gasteiger partial charge on any atom is -0.451 e. The fraction of sp³-hybridized carbons (Fsp3) is 0.524. The summed E-state index contributed by atoms with van der Waals surface area (Å²) in [7, 11) is 0. The van der Waals surface area contributed by atoms with Gasteiger partial charge in [0.05, 0.1) is 0 Å². The molecular formula is C21H27N3O5. The van der Waals surface area contributed by atoms with Crippen LogP contribution in [0.15, 0.2) is 24.3 Å². The van der Waals surface area contributed by atoms with Gasteiger partial charge in [0, 0.05) is 5.69 Å². The average Bonchev–Trinajstić information content (AvgIpc) is 2.91. The monoisotopic (exact) mass is 401 g/mol. The first-order chi connectivity index (χ1) is 13.7. The molecule has 29 heavy (non-hydrogen) atoms. The molecule has 0 unspecified atom stereocenters. The van der Waals surface area contributed by atoms with Crippen molar-refractivity contribution in [2.45, 2.75) is 58.1 Å². The van der Waals surface area contributed by atoms with Crippen LogP contribution in [-0.2, 0) is 19.1 Å². The van der Waals surface area contributed by atoms with Crippen molar-refractivity contribution in [3.8, 4) is 0 Å². The average molecular weight is 401 g/mol. The molecule has 1 aliphatic heterocycles.